The molecule has 0 amide bonds. The molecule has 0 bridgehead atoms. The van der Waals surface area contributed by atoms with Gasteiger partial charge in [0, 0.05) is 29.7 Å². The number of carbonyl (C=O) groups excluding carboxylic acids is 1. The summed E-state index contributed by atoms with van der Waals surface area (Å²) in [6.07, 6.45) is 7.63. The highest BCUT2D eigenvalue weighted by Crippen LogP contribution is 2.31. The van der Waals surface area contributed by atoms with Crippen LogP contribution >= 0.6 is 0 Å². The van der Waals surface area contributed by atoms with E-state index in [9.17, 15) is 4.79 Å². The Bertz CT molecular complexity index is 1290. The smallest absolute Gasteiger partial charge is 0.230 e. The minimum Gasteiger partial charge on any atom is -0.464 e. The molecule has 130 valence electrons. The number of benzene rings is 1. The lowest BCUT2D eigenvalue weighted by Crippen LogP contribution is -1.96. The molecule has 6 nitrogen and oxygen atoms in total. The fraction of sp³-hybridized carbons (Fsp3) is 0. The van der Waals surface area contributed by atoms with Crippen molar-refractivity contribution >= 4 is 22.9 Å². The van der Waals surface area contributed by atoms with Gasteiger partial charge >= 0.3 is 0 Å². The molecule has 0 saturated heterocycles. The van der Waals surface area contributed by atoms with Gasteiger partial charge in [0.2, 0.25) is 5.88 Å². The molecule has 5 rings (SSSR count). The molecule has 0 aliphatic heterocycles. The zero-order valence-corrected chi connectivity index (χ0v) is 14.1. The van der Waals surface area contributed by atoms with Gasteiger partial charge in [0.25, 0.3) is 0 Å². The highest BCUT2D eigenvalue weighted by molar-refractivity contribution is 5.88. The number of nitrogens with zero attached hydrogens (tertiary/aromatic N) is 3. The van der Waals surface area contributed by atoms with Crippen molar-refractivity contribution in [1.29, 1.82) is 0 Å². The van der Waals surface area contributed by atoms with Crippen molar-refractivity contribution in [3.8, 4) is 22.9 Å². The molecule has 0 aliphatic carbocycles. The number of rotatable bonds is 4. The third-order valence-electron chi connectivity index (χ3n) is 4.41. The Morgan fingerprint density at radius 2 is 2.00 bits per heavy atom. The van der Waals surface area contributed by atoms with Crippen LogP contribution in [0, 0.1) is 0 Å². The number of fused-ring (bicyclic) bond motifs is 2. The fourth-order valence-corrected chi connectivity index (χ4v) is 3.16. The maximum absolute atomic E-state index is 11.7. The summed E-state index contributed by atoms with van der Waals surface area (Å²) >= 11 is 0. The van der Waals surface area contributed by atoms with Crippen LogP contribution in [0.25, 0.3) is 27.9 Å². The van der Waals surface area contributed by atoms with Crippen molar-refractivity contribution < 1.29 is 13.9 Å². The van der Waals surface area contributed by atoms with E-state index in [4.69, 9.17) is 9.15 Å². The molecule has 0 atom stereocenters. The van der Waals surface area contributed by atoms with Gasteiger partial charge in [0.15, 0.2) is 6.29 Å². The third-order valence-corrected chi connectivity index (χ3v) is 4.41. The average molecular weight is 355 g/mol. The highest BCUT2D eigenvalue weighted by atomic mass is 16.5. The molecule has 0 saturated carbocycles. The fourth-order valence-electron chi connectivity index (χ4n) is 3.16. The Morgan fingerprint density at radius 3 is 2.93 bits per heavy atom. The number of pyridine rings is 2. The van der Waals surface area contributed by atoms with E-state index < -0.39 is 0 Å². The van der Waals surface area contributed by atoms with E-state index in [2.05, 4.69) is 9.97 Å². The third kappa shape index (κ3) is 2.55. The van der Waals surface area contributed by atoms with Gasteiger partial charge in [-0.15, -0.1) is 0 Å². The minimum absolute atomic E-state index is 0.433. The standard InChI is InChI=1S/C21H13N3O3/c25-13-14-12-15(27-21-17-7-11-26-19(17)6-8-23-21)4-5-16(14)18-2-1-3-20-22-9-10-24(18)20/h1-13H. The monoisotopic (exact) mass is 355 g/mol. The number of aromatic nitrogens is 3. The second-order valence-electron chi connectivity index (χ2n) is 5.98. The van der Waals surface area contributed by atoms with E-state index in [0.29, 0.717) is 22.8 Å². The van der Waals surface area contributed by atoms with Crippen molar-refractivity contribution in [3.63, 3.8) is 0 Å². The SMILES string of the molecule is O=Cc1cc(Oc2nccc3occc23)ccc1-c1cccc2nccn12. The lowest BCUT2D eigenvalue weighted by molar-refractivity contribution is 0.112. The Labute approximate surface area is 153 Å². The molecule has 5 aromatic rings. The maximum Gasteiger partial charge on any atom is 0.230 e. The summed E-state index contributed by atoms with van der Waals surface area (Å²) in [6, 6.07) is 14.7. The lowest BCUT2D eigenvalue weighted by atomic mass is 10.0. The van der Waals surface area contributed by atoms with E-state index in [0.717, 1.165) is 28.6 Å². The first-order valence-electron chi connectivity index (χ1n) is 8.35. The summed E-state index contributed by atoms with van der Waals surface area (Å²) in [5, 5.41) is 0.775. The summed E-state index contributed by atoms with van der Waals surface area (Å²) in [7, 11) is 0. The van der Waals surface area contributed by atoms with Crippen LogP contribution < -0.4 is 4.74 Å². The van der Waals surface area contributed by atoms with Crippen LogP contribution in [0.15, 0.2) is 77.8 Å². The van der Waals surface area contributed by atoms with E-state index in [1.165, 1.54) is 0 Å². The van der Waals surface area contributed by atoms with Crippen molar-refractivity contribution in [2.45, 2.75) is 0 Å². The Hall–Kier alpha value is -3.93. The Balaban J connectivity index is 1.58. The zero-order chi connectivity index (χ0) is 18.2. The van der Waals surface area contributed by atoms with E-state index in [1.807, 2.05) is 40.9 Å². The number of carbonyl (C=O) groups is 1. The van der Waals surface area contributed by atoms with Crippen LogP contribution in [-0.4, -0.2) is 20.7 Å². The molecule has 4 aromatic heterocycles. The van der Waals surface area contributed by atoms with Gasteiger partial charge in [-0.05, 0) is 42.5 Å². The molecule has 0 radical (unpaired) electrons. The van der Waals surface area contributed by atoms with Crippen molar-refractivity contribution in [2.24, 2.45) is 0 Å². The normalized spacial score (nSPS) is 11.1. The van der Waals surface area contributed by atoms with E-state index in [-0.39, 0.29) is 0 Å². The van der Waals surface area contributed by atoms with Gasteiger partial charge < -0.3 is 9.15 Å². The molecule has 4 heterocycles. The van der Waals surface area contributed by atoms with Gasteiger partial charge in [-0.2, -0.15) is 0 Å². The van der Waals surface area contributed by atoms with Crippen LogP contribution in [0.1, 0.15) is 10.4 Å². The van der Waals surface area contributed by atoms with Gasteiger partial charge in [0.05, 0.1) is 17.3 Å². The summed E-state index contributed by atoms with van der Waals surface area (Å²) < 4.78 is 13.2. The number of imidazole rings is 1. The van der Waals surface area contributed by atoms with Gasteiger partial charge in [-0.1, -0.05) is 6.07 Å². The van der Waals surface area contributed by atoms with Crippen LogP contribution in [-0.2, 0) is 0 Å². The summed E-state index contributed by atoms with van der Waals surface area (Å²) in [5.74, 6) is 0.961. The Kier molecular flexibility index (Phi) is 3.47. The second kappa shape index (κ2) is 6.10. The molecular formula is C21H13N3O3. The number of furan rings is 1. The Morgan fingerprint density at radius 1 is 1.04 bits per heavy atom. The first kappa shape index (κ1) is 15.3. The van der Waals surface area contributed by atoms with Crippen LogP contribution in [0.5, 0.6) is 11.6 Å². The average Bonchev–Trinajstić information content (AvgIpc) is 3.37. The molecule has 27 heavy (non-hydrogen) atoms. The second-order valence-corrected chi connectivity index (χ2v) is 5.98. The predicted octanol–water partition coefficient (Wildman–Crippen LogP) is 4.75. The molecular weight excluding hydrogens is 342 g/mol. The molecule has 6 heteroatoms. The quantitative estimate of drug-likeness (QED) is 0.435. The van der Waals surface area contributed by atoms with Crippen LogP contribution in [0.3, 0.4) is 0 Å². The maximum atomic E-state index is 11.7. The van der Waals surface area contributed by atoms with Crippen molar-refractivity contribution in [1.82, 2.24) is 14.4 Å². The topological polar surface area (TPSA) is 69.6 Å². The van der Waals surface area contributed by atoms with Crippen molar-refractivity contribution in [3.05, 3.63) is 78.9 Å². The minimum atomic E-state index is 0.433. The van der Waals surface area contributed by atoms with Gasteiger partial charge in [-0.3, -0.25) is 9.20 Å². The summed E-state index contributed by atoms with van der Waals surface area (Å²) in [5.41, 5.74) is 3.72. The first-order valence-corrected chi connectivity index (χ1v) is 8.35. The lowest BCUT2D eigenvalue weighted by Gasteiger charge is -2.11. The van der Waals surface area contributed by atoms with Crippen LogP contribution in [0.4, 0.5) is 0 Å². The number of hydrogen-bond acceptors (Lipinski definition) is 5. The predicted molar refractivity (Wildman–Crippen MR) is 100 cm³/mol. The van der Waals surface area contributed by atoms with Crippen molar-refractivity contribution in [2.75, 3.05) is 0 Å². The molecule has 0 spiro atoms. The van der Waals surface area contributed by atoms with Gasteiger partial charge in [0.1, 0.15) is 17.0 Å². The van der Waals surface area contributed by atoms with Crippen LogP contribution in [0.2, 0.25) is 0 Å². The molecule has 0 unspecified atom stereocenters. The number of aldehydes is 1. The molecule has 0 fully saturated rings. The molecule has 0 N–H and O–H groups in total. The number of ether oxygens (including phenoxy) is 1. The summed E-state index contributed by atoms with van der Waals surface area (Å²) in [6.45, 7) is 0. The molecule has 1 aromatic carbocycles. The molecule has 0 aliphatic rings. The van der Waals surface area contributed by atoms with E-state index >= 15 is 0 Å². The van der Waals surface area contributed by atoms with Gasteiger partial charge in [-0.25, -0.2) is 9.97 Å². The number of hydrogen-bond donors (Lipinski definition) is 0. The first-order chi connectivity index (χ1) is 13.3. The van der Waals surface area contributed by atoms with E-state index in [1.54, 1.807) is 36.9 Å². The highest BCUT2D eigenvalue weighted by Gasteiger charge is 2.12. The zero-order valence-electron chi connectivity index (χ0n) is 14.1. The summed E-state index contributed by atoms with van der Waals surface area (Å²) in [4.78, 5) is 20.3. The largest absolute Gasteiger partial charge is 0.464 e.